The Kier molecular flexibility index (Phi) is 5.94. The van der Waals surface area contributed by atoms with E-state index < -0.39 is 0 Å². The third-order valence-electron chi connectivity index (χ3n) is 2.70. The maximum absolute atomic E-state index is 13.8. The smallest absolute Gasteiger partial charge is 0.169 e. The minimum absolute atomic E-state index is 0.194. The molecule has 17 heavy (non-hydrogen) atoms. The topological polar surface area (TPSA) is 41.5 Å². The maximum Gasteiger partial charge on any atom is 0.169 e. The quantitative estimate of drug-likeness (QED) is 0.768. The third-order valence-corrected chi connectivity index (χ3v) is 2.70. The molecule has 1 aromatic carbocycles. The number of methoxy groups -OCH3 is 1. The lowest BCUT2D eigenvalue weighted by Crippen LogP contribution is -2.26. The second kappa shape index (κ2) is 7.25. The van der Waals surface area contributed by atoms with E-state index in [4.69, 9.17) is 9.84 Å². The molecule has 1 rings (SSSR count). The van der Waals surface area contributed by atoms with Gasteiger partial charge in [-0.2, -0.15) is 0 Å². The molecule has 0 amide bonds. The summed E-state index contributed by atoms with van der Waals surface area (Å²) in [5.41, 5.74) is 0.597. The summed E-state index contributed by atoms with van der Waals surface area (Å²) in [6, 6.07) is 5.38. The first kappa shape index (κ1) is 13.9. The van der Waals surface area contributed by atoms with E-state index in [1.54, 1.807) is 18.2 Å². The van der Waals surface area contributed by atoms with Gasteiger partial charge in [-0.15, -0.1) is 0 Å². The van der Waals surface area contributed by atoms with Gasteiger partial charge in [0, 0.05) is 24.8 Å². The zero-order valence-electron chi connectivity index (χ0n) is 10.4. The number of aliphatic hydroxyl groups excluding tert-OH is 1. The van der Waals surface area contributed by atoms with Gasteiger partial charge in [0.25, 0.3) is 0 Å². The maximum atomic E-state index is 13.8. The fourth-order valence-electron chi connectivity index (χ4n) is 1.63. The third kappa shape index (κ3) is 4.32. The highest BCUT2D eigenvalue weighted by Gasteiger charge is 2.09. The second-order valence-corrected chi connectivity index (χ2v) is 4.08. The minimum atomic E-state index is -0.308. The van der Waals surface area contributed by atoms with E-state index in [9.17, 15) is 4.39 Å². The van der Waals surface area contributed by atoms with Crippen molar-refractivity contribution in [2.45, 2.75) is 32.4 Å². The minimum Gasteiger partial charge on any atom is -0.494 e. The normalized spacial score (nSPS) is 12.5. The van der Waals surface area contributed by atoms with Crippen molar-refractivity contribution in [2.75, 3.05) is 13.7 Å². The first-order chi connectivity index (χ1) is 8.19. The lowest BCUT2D eigenvalue weighted by Gasteiger charge is -2.14. The summed E-state index contributed by atoms with van der Waals surface area (Å²) >= 11 is 0. The van der Waals surface area contributed by atoms with Crippen LogP contribution in [0.5, 0.6) is 5.75 Å². The summed E-state index contributed by atoms with van der Waals surface area (Å²) in [7, 11) is 1.46. The molecule has 0 fully saturated rings. The van der Waals surface area contributed by atoms with Gasteiger partial charge in [0.1, 0.15) is 0 Å². The monoisotopic (exact) mass is 241 g/mol. The number of aliphatic hydroxyl groups is 1. The van der Waals surface area contributed by atoms with Crippen LogP contribution in [0.25, 0.3) is 0 Å². The molecule has 4 heteroatoms. The van der Waals surface area contributed by atoms with Gasteiger partial charge < -0.3 is 15.2 Å². The Morgan fingerprint density at radius 1 is 1.47 bits per heavy atom. The average Bonchev–Trinajstić information content (AvgIpc) is 2.35. The summed E-state index contributed by atoms with van der Waals surface area (Å²) in [5, 5.41) is 11.9. The van der Waals surface area contributed by atoms with Crippen LogP contribution in [0.2, 0.25) is 0 Å². The van der Waals surface area contributed by atoms with Gasteiger partial charge in [0.05, 0.1) is 7.11 Å². The molecule has 2 N–H and O–H groups in total. The van der Waals surface area contributed by atoms with Crippen LogP contribution in [0.3, 0.4) is 0 Å². The fraction of sp³-hybridized carbons (Fsp3) is 0.538. The Hall–Kier alpha value is -1.13. The van der Waals surface area contributed by atoms with E-state index >= 15 is 0 Å². The molecule has 0 saturated heterocycles. The first-order valence-corrected chi connectivity index (χ1v) is 5.84. The number of rotatable bonds is 7. The lowest BCUT2D eigenvalue weighted by molar-refractivity contribution is 0.276. The van der Waals surface area contributed by atoms with Gasteiger partial charge in [-0.25, -0.2) is 4.39 Å². The highest BCUT2D eigenvalue weighted by Crippen LogP contribution is 2.19. The van der Waals surface area contributed by atoms with E-state index in [1.807, 2.05) is 6.92 Å². The number of benzene rings is 1. The first-order valence-electron chi connectivity index (χ1n) is 5.84. The van der Waals surface area contributed by atoms with Crippen LogP contribution in [0.1, 0.15) is 25.3 Å². The van der Waals surface area contributed by atoms with E-state index in [0.29, 0.717) is 12.1 Å². The molecule has 3 nitrogen and oxygen atoms in total. The van der Waals surface area contributed by atoms with Crippen molar-refractivity contribution in [3.63, 3.8) is 0 Å². The van der Waals surface area contributed by atoms with E-state index in [1.165, 1.54) is 7.11 Å². The Bertz CT molecular complexity index is 344. The molecule has 0 saturated carbocycles. The molecule has 96 valence electrons. The molecule has 0 aliphatic carbocycles. The van der Waals surface area contributed by atoms with E-state index in [2.05, 4.69) is 5.32 Å². The van der Waals surface area contributed by atoms with Crippen molar-refractivity contribution in [3.05, 3.63) is 29.6 Å². The summed E-state index contributed by atoms with van der Waals surface area (Å²) in [6.45, 7) is 2.68. The van der Waals surface area contributed by atoms with Crippen LogP contribution in [0, 0.1) is 5.82 Å². The average molecular weight is 241 g/mol. The SMILES string of the molecule is COc1cccc(CNC(C)CCCO)c1F. The highest BCUT2D eigenvalue weighted by atomic mass is 19.1. The molecule has 0 aromatic heterocycles. The van der Waals surface area contributed by atoms with Crippen molar-refractivity contribution in [1.29, 1.82) is 0 Å². The highest BCUT2D eigenvalue weighted by molar-refractivity contribution is 5.30. The van der Waals surface area contributed by atoms with Crippen LogP contribution < -0.4 is 10.1 Å². The van der Waals surface area contributed by atoms with Crippen molar-refractivity contribution in [1.82, 2.24) is 5.32 Å². The molecular weight excluding hydrogens is 221 g/mol. The number of hydrogen-bond acceptors (Lipinski definition) is 3. The zero-order valence-corrected chi connectivity index (χ0v) is 10.4. The van der Waals surface area contributed by atoms with E-state index in [-0.39, 0.29) is 24.2 Å². The Morgan fingerprint density at radius 2 is 2.24 bits per heavy atom. The molecule has 0 aliphatic heterocycles. The molecule has 0 bridgehead atoms. The van der Waals surface area contributed by atoms with Gasteiger partial charge >= 0.3 is 0 Å². The fourth-order valence-corrected chi connectivity index (χ4v) is 1.63. The molecule has 1 unspecified atom stereocenters. The van der Waals surface area contributed by atoms with Crippen molar-refractivity contribution >= 4 is 0 Å². The van der Waals surface area contributed by atoms with Crippen molar-refractivity contribution < 1.29 is 14.2 Å². The molecule has 1 atom stereocenters. The van der Waals surface area contributed by atoms with Crippen LogP contribution in [0.4, 0.5) is 4.39 Å². The van der Waals surface area contributed by atoms with Gasteiger partial charge in [-0.3, -0.25) is 0 Å². The van der Waals surface area contributed by atoms with E-state index in [0.717, 1.165) is 12.8 Å². The largest absolute Gasteiger partial charge is 0.494 e. The molecule has 0 aliphatic rings. The summed E-state index contributed by atoms with van der Waals surface area (Å²) < 4.78 is 18.7. The molecule has 0 spiro atoms. The van der Waals surface area contributed by atoms with Crippen LogP contribution in [-0.2, 0) is 6.54 Å². The predicted octanol–water partition coefficient (Wildman–Crippen LogP) is 2.08. The van der Waals surface area contributed by atoms with Crippen molar-refractivity contribution in [3.8, 4) is 5.75 Å². The molecule has 1 aromatic rings. The number of halogens is 1. The Morgan fingerprint density at radius 3 is 2.88 bits per heavy atom. The van der Waals surface area contributed by atoms with Gasteiger partial charge in [0.2, 0.25) is 0 Å². The standard InChI is InChI=1S/C13H20FNO2/c1-10(5-4-8-16)15-9-11-6-3-7-12(17-2)13(11)14/h3,6-7,10,15-16H,4-5,8-9H2,1-2H3. The lowest BCUT2D eigenvalue weighted by atomic mass is 10.1. The molecular formula is C13H20FNO2. The summed E-state index contributed by atoms with van der Waals surface area (Å²) in [6.07, 6.45) is 1.64. The van der Waals surface area contributed by atoms with Gasteiger partial charge in [-0.05, 0) is 25.8 Å². The Balaban J connectivity index is 2.51. The summed E-state index contributed by atoms with van der Waals surface area (Å²) in [5.74, 6) is -0.0378. The number of ether oxygens (including phenoxy) is 1. The molecule has 0 heterocycles. The Labute approximate surface area is 102 Å². The zero-order chi connectivity index (χ0) is 12.7. The predicted molar refractivity (Wildman–Crippen MR) is 65.6 cm³/mol. The van der Waals surface area contributed by atoms with Gasteiger partial charge in [0.15, 0.2) is 11.6 Å². The van der Waals surface area contributed by atoms with Crippen LogP contribution in [-0.4, -0.2) is 24.9 Å². The van der Waals surface area contributed by atoms with Gasteiger partial charge in [-0.1, -0.05) is 12.1 Å². The van der Waals surface area contributed by atoms with Crippen molar-refractivity contribution in [2.24, 2.45) is 0 Å². The second-order valence-electron chi connectivity index (χ2n) is 4.08. The summed E-state index contributed by atoms with van der Waals surface area (Å²) in [4.78, 5) is 0. The number of hydrogen-bond donors (Lipinski definition) is 2. The van der Waals surface area contributed by atoms with Crippen LogP contribution >= 0.6 is 0 Å². The molecule has 0 radical (unpaired) electrons. The number of nitrogens with one attached hydrogen (secondary N) is 1. The van der Waals surface area contributed by atoms with Crippen LogP contribution in [0.15, 0.2) is 18.2 Å².